The molecule has 0 atom stereocenters. The van der Waals surface area contributed by atoms with Crippen LogP contribution in [0.4, 0.5) is 0 Å². The molecule has 0 saturated heterocycles. The highest BCUT2D eigenvalue weighted by atomic mass is 79.9. The molecule has 19 heavy (non-hydrogen) atoms. The standard InChI is InChI=1S/C13H13BrCl2N2S/c1-3-11-13(14)12(18(2)17-11)7-19-8-4-5-9(15)10(16)6-8/h4-6H,3,7H2,1-2H3. The van der Waals surface area contributed by atoms with Crippen molar-refractivity contribution in [3.63, 3.8) is 0 Å². The normalized spacial score (nSPS) is 11.0. The predicted molar refractivity (Wildman–Crippen MR) is 86.3 cm³/mol. The number of hydrogen-bond donors (Lipinski definition) is 0. The van der Waals surface area contributed by atoms with Gasteiger partial charge in [-0.2, -0.15) is 5.10 Å². The number of rotatable bonds is 4. The van der Waals surface area contributed by atoms with E-state index >= 15 is 0 Å². The van der Waals surface area contributed by atoms with Crippen molar-refractivity contribution in [2.75, 3.05) is 0 Å². The van der Waals surface area contributed by atoms with Crippen LogP contribution in [0.2, 0.25) is 10.0 Å². The van der Waals surface area contributed by atoms with E-state index in [9.17, 15) is 0 Å². The third-order valence-electron chi connectivity index (χ3n) is 2.77. The van der Waals surface area contributed by atoms with Crippen molar-refractivity contribution in [2.45, 2.75) is 24.0 Å². The molecule has 0 N–H and O–H groups in total. The molecule has 6 heteroatoms. The topological polar surface area (TPSA) is 17.8 Å². The van der Waals surface area contributed by atoms with Crippen molar-refractivity contribution in [1.29, 1.82) is 0 Å². The molecule has 0 spiro atoms. The summed E-state index contributed by atoms with van der Waals surface area (Å²) >= 11 is 17.3. The van der Waals surface area contributed by atoms with E-state index in [4.69, 9.17) is 23.2 Å². The third-order valence-corrected chi connectivity index (χ3v) is 5.43. The lowest BCUT2D eigenvalue weighted by Crippen LogP contribution is -1.96. The molecule has 0 saturated carbocycles. The van der Waals surface area contributed by atoms with Crippen LogP contribution in [0.25, 0.3) is 0 Å². The Kier molecular flexibility index (Phi) is 5.23. The fourth-order valence-corrected chi connectivity index (χ4v) is 4.00. The molecular formula is C13H13BrCl2N2S. The molecule has 2 aromatic rings. The van der Waals surface area contributed by atoms with Gasteiger partial charge >= 0.3 is 0 Å². The lowest BCUT2D eigenvalue weighted by Gasteiger charge is -2.04. The maximum Gasteiger partial charge on any atom is 0.0767 e. The zero-order chi connectivity index (χ0) is 14.0. The van der Waals surface area contributed by atoms with Crippen LogP contribution in [0, 0.1) is 0 Å². The second kappa shape index (κ2) is 6.53. The van der Waals surface area contributed by atoms with E-state index in [1.807, 2.05) is 29.9 Å². The van der Waals surface area contributed by atoms with Gasteiger partial charge in [-0.1, -0.05) is 30.1 Å². The first-order valence-corrected chi connectivity index (χ1v) is 8.34. The number of aryl methyl sites for hydroxylation is 2. The van der Waals surface area contributed by atoms with Gasteiger partial charge < -0.3 is 0 Å². The summed E-state index contributed by atoms with van der Waals surface area (Å²) in [6.07, 6.45) is 0.922. The number of aromatic nitrogens is 2. The van der Waals surface area contributed by atoms with Gasteiger partial charge in [0.2, 0.25) is 0 Å². The summed E-state index contributed by atoms with van der Waals surface area (Å²) in [6, 6.07) is 5.69. The predicted octanol–water partition coefficient (Wildman–Crippen LogP) is 5.34. The third kappa shape index (κ3) is 3.48. The van der Waals surface area contributed by atoms with Gasteiger partial charge in [0.15, 0.2) is 0 Å². The fraction of sp³-hybridized carbons (Fsp3) is 0.308. The average Bonchev–Trinajstić information content (AvgIpc) is 2.66. The van der Waals surface area contributed by atoms with E-state index in [1.54, 1.807) is 11.8 Å². The van der Waals surface area contributed by atoms with Crippen LogP contribution >= 0.6 is 50.9 Å². The fourth-order valence-electron chi connectivity index (χ4n) is 1.69. The second-order valence-electron chi connectivity index (χ2n) is 4.05. The quantitative estimate of drug-likeness (QED) is 0.666. The molecule has 0 fully saturated rings. The maximum atomic E-state index is 6.01. The van der Waals surface area contributed by atoms with Crippen molar-refractivity contribution >= 4 is 50.9 Å². The first-order chi connectivity index (χ1) is 9.02. The van der Waals surface area contributed by atoms with Crippen molar-refractivity contribution in [3.8, 4) is 0 Å². The van der Waals surface area contributed by atoms with E-state index in [2.05, 4.69) is 28.0 Å². The SMILES string of the molecule is CCc1nn(C)c(CSc2ccc(Cl)c(Cl)c2)c1Br. The van der Waals surface area contributed by atoms with Gasteiger partial charge in [0.05, 0.1) is 25.9 Å². The average molecular weight is 380 g/mol. The Hall–Kier alpha value is -0.160. The lowest BCUT2D eigenvalue weighted by atomic mass is 10.3. The van der Waals surface area contributed by atoms with Gasteiger partial charge in [0, 0.05) is 17.7 Å². The molecule has 2 nitrogen and oxygen atoms in total. The molecule has 0 aliphatic rings. The van der Waals surface area contributed by atoms with Crippen LogP contribution < -0.4 is 0 Å². The molecule has 0 aliphatic carbocycles. The Morgan fingerprint density at radius 1 is 1.32 bits per heavy atom. The summed E-state index contributed by atoms with van der Waals surface area (Å²) in [5, 5.41) is 5.65. The second-order valence-corrected chi connectivity index (χ2v) is 6.71. The van der Waals surface area contributed by atoms with Gasteiger partial charge in [0.1, 0.15) is 0 Å². The summed E-state index contributed by atoms with van der Waals surface area (Å²) in [5.41, 5.74) is 2.26. The van der Waals surface area contributed by atoms with Gasteiger partial charge in [-0.15, -0.1) is 11.8 Å². The summed E-state index contributed by atoms with van der Waals surface area (Å²) in [4.78, 5) is 1.10. The van der Waals surface area contributed by atoms with Gasteiger partial charge in [-0.25, -0.2) is 0 Å². The van der Waals surface area contributed by atoms with Crippen LogP contribution in [0.3, 0.4) is 0 Å². The van der Waals surface area contributed by atoms with Crippen LogP contribution in [0.1, 0.15) is 18.3 Å². The van der Waals surface area contributed by atoms with Crippen molar-refractivity contribution in [2.24, 2.45) is 7.05 Å². The van der Waals surface area contributed by atoms with Crippen molar-refractivity contribution in [3.05, 3.63) is 44.1 Å². The molecule has 1 heterocycles. The summed E-state index contributed by atoms with van der Waals surface area (Å²) in [6.45, 7) is 2.10. The van der Waals surface area contributed by atoms with Gasteiger partial charge in [0.25, 0.3) is 0 Å². The highest BCUT2D eigenvalue weighted by Crippen LogP contribution is 2.32. The minimum Gasteiger partial charge on any atom is -0.270 e. The van der Waals surface area contributed by atoms with E-state index in [0.717, 1.165) is 27.2 Å². The number of benzene rings is 1. The van der Waals surface area contributed by atoms with E-state index < -0.39 is 0 Å². The van der Waals surface area contributed by atoms with Crippen LogP contribution in [0.15, 0.2) is 27.6 Å². The van der Waals surface area contributed by atoms with E-state index in [0.29, 0.717) is 10.0 Å². The Bertz CT molecular complexity index is 599. The highest BCUT2D eigenvalue weighted by Gasteiger charge is 2.12. The molecule has 2 rings (SSSR count). The van der Waals surface area contributed by atoms with Gasteiger partial charge in [-0.3, -0.25) is 4.68 Å². The van der Waals surface area contributed by atoms with Crippen LogP contribution in [-0.4, -0.2) is 9.78 Å². The Morgan fingerprint density at radius 3 is 2.63 bits per heavy atom. The summed E-state index contributed by atoms with van der Waals surface area (Å²) < 4.78 is 3.03. The molecule has 0 aliphatic heterocycles. The number of nitrogens with zero attached hydrogens (tertiary/aromatic N) is 2. The molecular weight excluding hydrogens is 367 g/mol. The number of hydrogen-bond acceptors (Lipinski definition) is 2. The summed E-state index contributed by atoms with van der Waals surface area (Å²) in [7, 11) is 1.97. The molecule has 0 amide bonds. The molecule has 0 radical (unpaired) electrons. The van der Waals surface area contributed by atoms with E-state index in [-0.39, 0.29) is 0 Å². The minimum absolute atomic E-state index is 0.584. The Balaban J connectivity index is 2.14. The zero-order valence-corrected chi connectivity index (χ0v) is 14.5. The van der Waals surface area contributed by atoms with Crippen LogP contribution in [0.5, 0.6) is 0 Å². The molecule has 102 valence electrons. The largest absolute Gasteiger partial charge is 0.270 e. The highest BCUT2D eigenvalue weighted by molar-refractivity contribution is 9.10. The summed E-state index contributed by atoms with van der Waals surface area (Å²) in [5.74, 6) is 0.835. The van der Waals surface area contributed by atoms with Crippen molar-refractivity contribution in [1.82, 2.24) is 9.78 Å². The van der Waals surface area contributed by atoms with Crippen molar-refractivity contribution < 1.29 is 0 Å². The molecule has 1 aromatic heterocycles. The maximum absolute atomic E-state index is 6.01. The molecule has 0 bridgehead atoms. The minimum atomic E-state index is 0.584. The number of halogens is 3. The Labute approximate surface area is 135 Å². The molecule has 0 unspecified atom stereocenters. The Morgan fingerprint density at radius 2 is 2.05 bits per heavy atom. The first kappa shape index (κ1) is 15.2. The zero-order valence-electron chi connectivity index (χ0n) is 10.6. The monoisotopic (exact) mass is 378 g/mol. The molecule has 1 aromatic carbocycles. The number of thioether (sulfide) groups is 1. The smallest absolute Gasteiger partial charge is 0.0767 e. The van der Waals surface area contributed by atoms with E-state index in [1.165, 1.54) is 5.69 Å². The van der Waals surface area contributed by atoms with Gasteiger partial charge in [-0.05, 0) is 40.5 Å². The van der Waals surface area contributed by atoms with Crippen LogP contribution in [-0.2, 0) is 19.2 Å². The first-order valence-electron chi connectivity index (χ1n) is 5.81. The lowest BCUT2D eigenvalue weighted by molar-refractivity contribution is 0.719.